The molecule has 2 N–H and O–H groups in total. The van der Waals surface area contributed by atoms with Gasteiger partial charge in [0.15, 0.2) is 5.82 Å². The molecule has 8 heteroatoms. The number of amides is 1. The first kappa shape index (κ1) is 11.8. The number of nitrogens with one attached hydrogen (secondary N) is 2. The molecule has 0 aliphatic carbocycles. The molecule has 18 heavy (non-hydrogen) atoms. The molecule has 2 aromatic rings. The number of nitrogens with zero attached hydrogens (tertiary/aromatic N) is 3. The molecule has 2 heterocycles. The van der Waals surface area contributed by atoms with E-state index in [4.69, 9.17) is 0 Å². The Labute approximate surface area is 102 Å². The van der Waals surface area contributed by atoms with Crippen LogP contribution < -0.4 is 5.32 Å². The van der Waals surface area contributed by atoms with Crippen LogP contribution >= 0.6 is 0 Å². The van der Waals surface area contributed by atoms with E-state index in [0.717, 1.165) is 5.69 Å². The fraction of sp³-hybridized carbons (Fsp3) is 0.200. The lowest BCUT2D eigenvalue weighted by Gasteiger charge is -2.01. The fourth-order valence-electron chi connectivity index (χ4n) is 1.54. The van der Waals surface area contributed by atoms with Crippen molar-refractivity contribution in [1.29, 1.82) is 0 Å². The standard InChI is InChI=1S/C10H11N5O3/c1-6-3-9(13-12-6)11-10(16)8-4-7(15(17)18)5-14(8)2/h3-5H,1-2H3,(H2,11,12,13,16). The summed E-state index contributed by atoms with van der Waals surface area (Å²) in [6.45, 7) is 1.80. The second kappa shape index (κ2) is 4.32. The van der Waals surface area contributed by atoms with E-state index in [2.05, 4.69) is 15.5 Å². The zero-order valence-electron chi connectivity index (χ0n) is 9.80. The molecule has 0 bridgehead atoms. The molecule has 2 aromatic heterocycles. The van der Waals surface area contributed by atoms with Gasteiger partial charge in [0.05, 0.1) is 11.1 Å². The van der Waals surface area contributed by atoms with Crippen LogP contribution in [0.2, 0.25) is 0 Å². The number of carbonyl (C=O) groups excluding carboxylic acids is 1. The van der Waals surface area contributed by atoms with E-state index in [-0.39, 0.29) is 11.4 Å². The third kappa shape index (κ3) is 2.21. The first-order valence-corrected chi connectivity index (χ1v) is 5.11. The van der Waals surface area contributed by atoms with Crippen molar-refractivity contribution in [3.05, 3.63) is 39.8 Å². The molecule has 0 fully saturated rings. The topological polar surface area (TPSA) is 106 Å². The Morgan fingerprint density at radius 2 is 2.28 bits per heavy atom. The van der Waals surface area contributed by atoms with Gasteiger partial charge in [0.1, 0.15) is 5.69 Å². The minimum atomic E-state index is -0.546. The third-order valence-corrected chi connectivity index (χ3v) is 2.38. The van der Waals surface area contributed by atoms with E-state index >= 15 is 0 Å². The lowest BCUT2D eigenvalue weighted by Crippen LogP contribution is -2.15. The van der Waals surface area contributed by atoms with Gasteiger partial charge in [0.2, 0.25) is 0 Å². The Morgan fingerprint density at radius 3 is 2.78 bits per heavy atom. The predicted octanol–water partition coefficient (Wildman–Crippen LogP) is 1.22. The maximum absolute atomic E-state index is 11.9. The molecule has 0 aliphatic rings. The normalized spacial score (nSPS) is 10.3. The van der Waals surface area contributed by atoms with Crippen molar-refractivity contribution in [2.24, 2.45) is 7.05 Å². The SMILES string of the molecule is Cc1cc(NC(=O)c2cc([N+](=O)[O-])cn2C)n[nH]1. The van der Waals surface area contributed by atoms with Gasteiger partial charge in [-0.1, -0.05) is 0 Å². The molecular weight excluding hydrogens is 238 g/mol. The summed E-state index contributed by atoms with van der Waals surface area (Å²) in [6.07, 6.45) is 1.28. The van der Waals surface area contributed by atoms with Gasteiger partial charge >= 0.3 is 0 Å². The number of rotatable bonds is 3. The smallest absolute Gasteiger partial charge is 0.287 e. The van der Waals surface area contributed by atoms with E-state index in [1.54, 1.807) is 20.0 Å². The number of aromatic nitrogens is 3. The average molecular weight is 249 g/mol. The largest absolute Gasteiger partial charge is 0.340 e. The number of nitro groups is 1. The van der Waals surface area contributed by atoms with Crippen molar-refractivity contribution in [2.45, 2.75) is 6.92 Å². The van der Waals surface area contributed by atoms with Crippen LogP contribution in [0.25, 0.3) is 0 Å². The average Bonchev–Trinajstić information content (AvgIpc) is 2.85. The van der Waals surface area contributed by atoms with E-state index in [0.29, 0.717) is 5.82 Å². The summed E-state index contributed by atoms with van der Waals surface area (Å²) in [5, 5.41) is 19.7. The molecular formula is C10H11N5O3. The van der Waals surface area contributed by atoms with Crippen LogP contribution in [0.4, 0.5) is 11.5 Å². The van der Waals surface area contributed by atoms with Gasteiger partial charge in [-0.15, -0.1) is 0 Å². The Morgan fingerprint density at radius 1 is 1.56 bits per heavy atom. The Bertz CT molecular complexity index is 613. The van der Waals surface area contributed by atoms with Gasteiger partial charge in [-0.3, -0.25) is 20.0 Å². The van der Waals surface area contributed by atoms with Gasteiger partial charge < -0.3 is 9.88 Å². The number of H-pyrrole nitrogens is 1. The maximum Gasteiger partial charge on any atom is 0.287 e. The highest BCUT2D eigenvalue weighted by atomic mass is 16.6. The summed E-state index contributed by atoms with van der Waals surface area (Å²) < 4.78 is 1.40. The summed E-state index contributed by atoms with van der Waals surface area (Å²) in [5.74, 6) is -0.0709. The van der Waals surface area contributed by atoms with E-state index in [9.17, 15) is 14.9 Å². The van der Waals surface area contributed by atoms with Crippen LogP contribution in [-0.2, 0) is 7.05 Å². The molecule has 1 amide bonds. The number of hydrogen-bond donors (Lipinski definition) is 2. The van der Waals surface area contributed by atoms with Crippen molar-refractivity contribution in [3.8, 4) is 0 Å². The Kier molecular flexibility index (Phi) is 2.84. The lowest BCUT2D eigenvalue weighted by atomic mass is 10.3. The van der Waals surface area contributed by atoms with Crippen LogP contribution in [0.15, 0.2) is 18.3 Å². The minimum absolute atomic E-state index is 0.124. The molecule has 0 aliphatic heterocycles. The Hall–Kier alpha value is -2.64. The van der Waals surface area contributed by atoms with Gasteiger partial charge in [-0.2, -0.15) is 5.10 Å². The van der Waals surface area contributed by atoms with Crippen LogP contribution in [0.5, 0.6) is 0 Å². The molecule has 0 saturated carbocycles. The van der Waals surface area contributed by atoms with Crippen molar-refractivity contribution in [3.63, 3.8) is 0 Å². The monoisotopic (exact) mass is 249 g/mol. The van der Waals surface area contributed by atoms with E-state index in [1.807, 2.05) is 0 Å². The van der Waals surface area contributed by atoms with Gasteiger partial charge in [-0.25, -0.2) is 0 Å². The second-order valence-corrected chi connectivity index (χ2v) is 3.84. The highest BCUT2D eigenvalue weighted by molar-refractivity contribution is 6.03. The van der Waals surface area contributed by atoms with Crippen molar-refractivity contribution >= 4 is 17.4 Å². The molecule has 0 unspecified atom stereocenters. The zero-order chi connectivity index (χ0) is 13.3. The van der Waals surface area contributed by atoms with Gasteiger partial charge in [-0.05, 0) is 6.92 Å². The summed E-state index contributed by atoms with van der Waals surface area (Å²) in [4.78, 5) is 21.9. The fourth-order valence-corrected chi connectivity index (χ4v) is 1.54. The quantitative estimate of drug-likeness (QED) is 0.630. The molecule has 0 spiro atoms. The number of aryl methyl sites for hydroxylation is 2. The third-order valence-electron chi connectivity index (χ3n) is 2.38. The Balaban J connectivity index is 2.21. The summed E-state index contributed by atoms with van der Waals surface area (Å²) >= 11 is 0. The first-order valence-electron chi connectivity index (χ1n) is 5.11. The minimum Gasteiger partial charge on any atom is -0.340 e. The highest BCUT2D eigenvalue weighted by Gasteiger charge is 2.18. The molecule has 2 rings (SSSR count). The molecule has 0 aromatic carbocycles. The summed E-state index contributed by atoms with van der Waals surface area (Å²) in [6, 6.07) is 2.88. The van der Waals surface area contributed by atoms with Crippen LogP contribution in [0, 0.1) is 17.0 Å². The first-order chi connectivity index (χ1) is 8.47. The molecule has 0 radical (unpaired) electrons. The van der Waals surface area contributed by atoms with Gasteiger partial charge in [0.25, 0.3) is 11.6 Å². The molecule has 8 nitrogen and oxygen atoms in total. The maximum atomic E-state index is 11.9. The lowest BCUT2D eigenvalue weighted by molar-refractivity contribution is -0.384. The predicted molar refractivity (Wildman–Crippen MR) is 63.3 cm³/mol. The van der Waals surface area contributed by atoms with Crippen molar-refractivity contribution in [2.75, 3.05) is 5.32 Å². The van der Waals surface area contributed by atoms with Crippen molar-refractivity contribution in [1.82, 2.24) is 14.8 Å². The summed E-state index contributed by atoms with van der Waals surface area (Å²) in [7, 11) is 1.57. The summed E-state index contributed by atoms with van der Waals surface area (Å²) in [5.41, 5.74) is 0.881. The zero-order valence-corrected chi connectivity index (χ0v) is 9.80. The van der Waals surface area contributed by atoms with Crippen molar-refractivity contribution < 1.29 is 9.72 Å². The van der Waals surface area contributed by atoms with Gasteiger partial charge in [0, 0.05) is 24.9 Å². The molecule has 94 valence electrons. The highest BCUT2D eigenvalue weighted by Crippen LogP contribution is 2.16. The van der Waals surface area contributed by atoms with Crippen LogP contribution in [0.1, 0.15) is 16.2 Å². The van der Waals surface area contributed by atoms with Crippen LogP contribution in [-0.4, -0.2) is 25.6 Å². The number of hydrogen-bond acceptors (Lipinski definition) is 4. The van der Waals surface area contributed by atoms with Crippen LogP contribution in [0.3, 0.4) is 0 Å². The number of anilines is 1. The van der Waals surface area contributed by atoms with E-state index < -0.39 is 10.8 Å². The second-order valence-electron chi connectivity index (χ2n) is 3.84. The molecule has 0 saturated heterocycles. The van der Waals surface area contributed by atoms with E-state index in [1.165, 1.54) is 16.8 Å². The number of carbonyl (C=O) groups is 1. The number of aromatic amines is 1. The molecule has 0 atom stereocenters.